The maximum atomic E-state index is 4.32. The molecule has 2 aromatic rings. The van der Waals surface area contributed by atoms with Crippen molar-refractivity contribution in [1.29, 1.82) is 0 Å². The lowest BCUT2D eigenvalue weighted by atomic mass is 9.85. The minimum atomic E-state index is 0.802. The average Bonchev–Trinajstić information content (AvgIpc) is 3.31. The Morgan fingerprint density at radius 1 is 0.622 bits per heavy atom. The molecule has 2 aromatic carbocycles. The Labute approximate surface area is 268 Å². The van der Waals surface area contributed by atoms with E-state index >= 15 is 0 Å². The van der Waals surface area contributed by atoms with Gasteiger partial charge in [0.25, 0.3) is 0 Å². The van der Waals surface area contributed by atoms with Crippen LogP contribution in [0.4, 0.5) is 11.4 Å². The van der Waals surface area contributed by atoms with Crippen LogP contribution in [0.1, 0.15) is 62.5 Å². The summed E-state index contributed by atoms with van der Waals surface area (Å²) in [6.07, 6.45) is 36.4. The second-order valence-electron chi connectivity index (χ2n) is 12.5. The highest BCUT2D eigenvalue weighted by Gasteiger charge is 2.30. The summed E-state index contributed by atoms with van der Waals surface area (Å²) in [7, 11) is 0. The predicted molar refractivity (Wildman–Crippen MR) is 192 cm³/mol. The summed E-state index contributed by atoms with van der Waals surface area (Å²) in [6.45, 7) is 5.12. The third-order valence-electron chi connectivity index (χ3n) is 9.96. The molecule has 45 heavy (non-hydrogen) atoms. The van der Waals surface area contributed by atoms with Gasteiger partial charge in [0.05, 0.1) is 5.69 Å². The van der Waals surface area contributed by atoms with Crippen LogP contribution in [-0.2, 0) is 0 Å². The van der Waals surface area contributed by atoms with Crippen molar-refractivity contribution < 1.29 is 0 Å². The zero-order valence-corrected chi connectivity index (χ0v) is 26.0. The van der Waals surface area contributed by atoms with Gasteiger partial charge in [-0.15, -0.1) is 0 Å². The van der Waals surface area contributed by atoms with Gasteiger partial charge >= 0.3 is 0 Å². The van der Waals surface area contributed by atoms with Gasteiger partial charge in [0.1, 0.15) is 0 Å². The molecule has 0 radical (unpaired) electrons. The first-order valence-electron chi connectivity index (χ1n) is 16.7. The largest absolute Gasteiger partial charge is 0.337 e. The molecule has 0 spiro atoms. The van der Waals surface area contributed by atoms with Gasteiger partial charge in [0, 0.05) is 40.5 Å². The smallest absolute Gasteiger partial charge is 0.0537 e. The summed E-state index contributed by atoms with van der Waals surface area (Å²) in [5, 5.41) is 0. The molecule has 0 unspecified atom stereocenters. The SMILES string of the molecule is C=C/C(=C\C=C/CN1C2=C(CCC=C2)C2=C(CCC=C2)c2ccccc21)N1C2=C(CCC=C2)C2=C(CCC=C2)c2ccccc21. The van der Waals surface area contributed by atoms with Crippen LogP contribution in [0.5, 0.6) is 0 Å². The van der Waals surface area contributed by atoms with Crippen LogP contribution in [-0.4, -0.2) is 6.54 Å². The number of para-hydroxylation sites is 2. The first kappa shape index (κ1) is 27.7. The highest BCUT2D eigenvalue weighted by atomic mass is 15.2. The van der Waals surface area contributed by atoms with E-state index in [0.29, 0.717) is 0 Å². The van der Waals surface area contributed by atoms with Crippen molar-refractivity contribution in [2.75, 3.05) is 16.3 Å². The molecule has 0 aromatic heterocycles. The molecule has 2 nitrogen and oxygen atoms in total. The molecule has 2 heterocycles. The van der Waals surface area contributed by atoms with E-state index in [0.717, 1.165) is 63.6 Å². The topological polar surface area (TPSA) is 6.48 Å². The van der Waals surface area contributed by atoms with Crippen molar-refractivity contribution in [3.8, 4) is 0 Å². The summed E-state index contributed by atoms with van der Waals surface area (Å²) >= 11 is 0. The standard InChI is InChI=1S/C43H40N2/c1-2-31(45-42-28-13-9-24-38(42)34-20-5-6-21-35(34)39-25-10-14-29-43(39)45)17-15-16-30-44-40-26-11-7-22-36(40)32-18-3-4-19-33(32)37-23-8-12-27-41(37)44/h2-3,5,8,10-18,20,23,25-29H,1,4,6-7,9,19,21-22,24,30H2/b16-15-,31-17+. The Kier molecular flexibility index (Phi) is 7.35. The molecule has 8 rings (SSSR count). The number of rotatable bonds is 5. The van der Waals surface area contributed by atoms with Crippen molar-refractivity contribution in [2.24, 2.45) is 0 Å². The second-order valence-corrected chi connectivity index (χ2v) is 12.5. The van der Waals surface area contributed by atoms with Crippen molar-refractivity contribution in [1.82, 2.24) is 0 Å². The predicted octanol–water partition coefficient (Wildman–Crippen LogP) is 11.1. The van der Waals surface area contributed by atoms with Crippen LogP contribution in [0, 0.1) is 0 Å². The molecular weight excluding hydrogens is 544 g/mol. The van der Waals surface area contributed by atoms with Gasteiger partial charge in [-0.1, -0.05) is 91.6 Å². The number of hydrogen-bond donors (Lipinski definition) is 0. The zero-order chi connectivity index (χ0) is 30.2. The van der Waals surface area contributed by atoms with Crippen LogP contribution in [0.15, 0.2) is 167 Å². The Hall–Kier alpha value is -4.82. The fourth-order valence-electron chi connectivity index (χ4n) is 7.95. The lowest BCUT2D eigenvalue weighted by Gasteiger charge is -2.30. The van der Waals surface area contributed by atoms with Crippen molar-refractivity contribution in [3.05, 3.63) is 179 Å². The Bertz CT molecular complexity index is 1890. The molecule has 0 amide bonds. The number of nitrogens with zero attached hydrogens (tertiary/aromatic N) is 2. The summed E-state index contributed by atoms with van der Waals surface area (Å²) in [6, 6.07) is 17.9. The van der Waals surface area contributed by atoms with Gasteiger partial charge < -0.3 is 9.80 Å². The van der Waals surface area contributed by atoms with E-state index in [1.807, 2.05) is 6.08 Å². The van der Waals surface area contributed by atoms with Gasteiger partial charge in [-0.2, -0.15) is 0 Å². The van der Waals surface area contributed by atoms with Crippen LogP contribution in [0.25, 0.3) is 11.1 Å². The minimum Gasteiger partial charge on any atom is -0.337 e. The van der Waals surface area contributed by atoms with E-state index < -0.39 is 0 Å². The summed E-state index contributed by atoms with van der Waals surface area (Å²) in [5.74, 6) is 0. The van der Waals surface area contributed by atoms with E-state index in [-0.39, 0.29) is 0 Å². The van der Waals surface area contributed by atoms with Gasteiger partial charge in [0.2, 0.25) is 0 Å². The summed E-state index contributed by atoms with van der Waals surface area (Å²) in [4.78, 5) is 4.97. The Morgan fingerprint density at radius 2 is 1.16 bits per heavy atom. The van der Waals surface area contributed by atoms with Crippen molar-refractivity contribution >= 4 is 22.5 Å². The van der Waals surface area contributed by atoms with Crippen molar-refractivity contribution in [2.45, 2.75) is 51.4 Å². The highest BCUT2D eigenvalue weighted by molar-refractivity contribution is 5.90. The lowest BCUT2D eigenvalue weighted by Crippen LogP contribution is -2.24. The van der Waals surface area contributed by atoms with Gasteiger partial charge in [-0.25, -0.2) is 0 Å². The molecule has 0 atom stereocenters. The van der Waals surface area contributed by atoms with Crippen molar-refractivity contribution in [3.63, 3.8) is 0 Å². The summed E-state index contributed by atoms with van der Waals surface area (Å²) < 4.78 is 0. The minimum absolute atomic E-state index is 0.802. The first-order chi connectivity index (χ1) is 22.3. The Balaban J connectivity index is 1.18. The van der Waals surface area contributed by atoms with Crippen LogP contribution in [0.3, 0.4) is 0 Å². The maximum Gasteiger partial charge on any atom is 0.0537 e. The maximum absolute atomic E-state index is 4.32. The average molecular weight is 585 g/mol. The molecule has 0 saturated heterocycles. The third kappa shape index (κ3) is 4.80. The molecule has 0 bridgehead atoms. The molecule has 0 N–H and O–H groups in total. The molecule has 0 fully saturated rings. The molecule has 2 aliphatic heterocycles. The van der Waals surface area contributed by atoms with Gasteiger partial charge in [0.15, 0.2) is 0 Å². The van der Waals surface area contributed by atoms with E-state index in [1.54, 1.807) is 0 Å². The van der Waals surface area contributed by atoms with Gasteiger partial charge in [-0.05, 0) is 121 Å². The molecule has 2 heteroatoms. The van der Waals surface area contributed by atoms with E-state index in [9.17, 15) is 0 Å². The number of fused-ring (bicyclic) bond motifs is 6. The molecule has 0 saturated carbocycles. The fraction of sp³-hybridized carbons (Fsp3) is 0.209. The number of benzene rings is 2. The second kappa shape index (κ2) is 11.9. The lowest BCUT2D eigenvalue weighted by molar-refractivity contribution is 0.912. The van der Waals surface area contributed by atoms with E-state index in [4.69, 9.17) is 0 Å². The van der Waals surface area contributed by atoms with Crippen LogP contribution in [0.2, 0.25) is 0 Å². The molecule has 6 aliphatic rings. The van der Waals surface area contributed by atoms with E-state index in [1.165, 1.54) is 67.3 Å². The van der Waals surface area contributed by atoms with Crippen LogP contribution < -0.4 is 9.80 Å². The fourth-order valence-corrected chi connectivity index (χ4v) is 7.95. The van der Waals surface area contributed by atoms with Gasteiger partial charge in [-0.3, -0.25) is 0 Å². The summed E-state index contributed by atoms with van der Waals surface area (Å²) in [5.41, 5.74) is 17.8. The van der Waals surface area contributed by atoms with E-state index in [2.05, 4.69) is 132 Å². The normalized spacial score (nSPS) is 20.5. The first-order valence-corrected chi connectivity index (χ1v) is 16.7. The molecule has 222 valence electrons. The van der Waals surface area contributed by atoms with Crippen LogP contribution >= 0.6 is 0 Å². The quantitative estimate of drug-likeness (QED) is 0.323. The molecule has 4 aliphatic carbocycles. The number of hydrogen-bond acceptors (Lipinski definition) is 2. The Morgan fingerprint density at radius 3 is 1.82 bits per heavy atom. The number of allylic oxidation sites excluding steroid dienone is 17. The third-order valence-corrected chi connectivity index (χ3v) is 9.96. The molecular formula is C43H40N2. The highest BCUT2D eigenvalue weighted by Crippen LogP contribution is 2.47. The number of anilines is 2. The zero-order valence-electron chi connectivity index (χ0n) is 26.0. The monoisotopic (exact) mass is 584 g/mol.